The molecule has 0 aliphatic heterocycles. The Bertz CT molecular complexity index is 554. The molecule has 100 valence electrons. The predicted octanol–water partition coefficient (Wildman–Crippen LogP) is 3.21. The third-order valence-electron chi connectivity index (χ3n) is 2.98. The van der Waals surface area contributed by atoms with Crippen LogP contribution in [-0.4, -0.2) is 6.54 Å². The molecule has 2 nitrogen and oxygen atoms in total. The van der Waals surface area contributed by atoms with E-state index in [9.17, 15) is 4.39 Å². The fourth-order valence-electron chi connectivity index (χ4n) is 2.05. The van der Waals surface area contributed by atoms with Crippen LogP contribution in [0.15, 0.2) is 42.5 Å². The maximum atomic E-state index is 13.1. The Labute approximate surface area is 113 Å². The van der Waals surface area contributed by atoms with E-state index >= 15 is 0 Å². The van der Waals surface area contributed by atoms with Crippen molar-refractivity contribution in [1.29, 1.82) is 0 Å². The van der Waals surface area contributed by atoms with E-state index in [-0.39, 0.29) is 5.82 Å². The highest BCUT2D eigenvalue weighted by atomic mass is 19.1. The van der Waals surface area contributed by atoms with Crippen molar-refractivity contribution in [2.24, 2.45) is 5.73 Å². The van der Waals surface area contributed by atoms with Crippen molar-refractivity contribution in [2.45, 2.75) is 20.0 Å². The number of aryl methyl sites for hydroxylation is 1. The van der Waals surface area contributed by atoms with Crippen molar-refractivity contribution in [3.8, 4) is 5.75 Å². The first kappa shape index (κ1) is 13.6. The Morgan fingerprint density at radius 2 is 1.95 bits per heavy atom. The van der Waals surface area contributed by atoms with Gasteiger partial charge in [-0.2, -0.15) is 0 Å². The molecular formula is C16H18FNO. The van der Waals surface area contributed by atoms with Crippen molar-refractivity contribution in [3.63, 3.8) is 0 Å². The summed E-state index contributed by atoms with van der Waals surface area (Å²) in [5.41, 5.74) is 8.59. The van der Waals surface area contributed by atoms with Crippen LogP contribution in [0.1, 0.15) is 16.7 Å². The number of ether oxygens (including phenoxy) is 1. The third kappa shape index (κ3) is 3.55. The quantitative estimate of drug-likeness (QED) is 0.894. The average molecular weight is 259 g/mol. The molecule has 2 N–H and O–H groups in total. The molecule has 3 heteroatoms. The number of rotatable bonds is 5. The maximum absolute atomic E-state index is 13.1. The lowest BCUT2D eigenvalue weighted by Gasteiger charge is -2.14. The first-order chi connectivity index (χ1) is 9.20. The van der Waals surface area contributed by atoms with E-state index in [0.29, 0.717) is 13.2 Å². The van der Waals surface area contributed by atoms with Gasteiger partial charge in [-0.05, 0) is 48.7 Å². The van der Waals surface area contributed by atoms with Gasteiger partial charge >= 0.3 is 0 Å². The van der Waals surface area contributed by atoms with Crippen LogP contribution in [-0.2, 0) is 13.0 Å². The second-order valence-corrected chi connectivity index (χ2v) is 4.52. The summed E-state index contributed by atoms with van der Waals surface area (Å²) < 4.78 is 18.9. The first-order valence-electron chi connectivity index (χ1n) is 6.36. The van der Waals surface area contributed by atoms with Crippen molar-refractivity contribution >= 4 is 0 Å². The molecule has 0 radical (unpaired) electrons. The summed E-state index contributed by atoms with van der Waals surface area (Å²) in [4.78, 5) is 0. The zero-order valence-corrected chi connectivity index (χ0v) is 11.0. The van der Waals surface area contributed by atoms with Gasteiger partial charge in [0.05, 0.1) is 0 Å². The molecule has 19 heavy (non-hydrogen) atoms. The molecular weight excluding hydrogens is 241 g/mol. The van der Waals surface area contributed by atoms with Gasteiger partial charge in [-0.1, -0.05) is 30.3 Å². The second-order valence-electron chi connectivity index (χ2n) is 4.52. The highest BCUT2D eigenvalue weighted by molar-refractivity contribution is 5.41. The van der Waals surface area contributed by atoms with E-state index in [1.54, 1.807) is 6.07 Å². The van der Waals surface area contributed by atoms with E-state index in [1.165, 1.54) is 12.1 Å². The lowest BCUT2D eigenvalue weighted by atomic mass is 10.1. The fourth-order valence-corrected chi connectivity index (χ4v) is 2.05. The van der Waals surface area contributed by atoms with Gasteiger partial charge in [0.25, 0.3) is 0 Å². The van der Waals surface area contributed by atoms with Gasteiger partial charge in [-0.15, -0.1) is 0 Å². The SMILES string of the molecule is Cc1cccc(CCN)c1OCc1cccc(F)c1. The molecule has 0 saturated carbocycles. The molecule has 0 bridgehead atoms. The Hall–Kier alpha value is -1.87. The molecule has 0 aliphatic rings. The van der Waals surface area contributed by atoms with Gasteiger partial charge in [-0.25, -0.2) is 4.39 Å². The number of halogens is 1. The smallest absolute Gasteiger partial charge is 0.125 e. The standard InChI is InChI=1S/C16H18FNO/c1-12-4-2-6-14(8-9-18)16(12)19-11-13-5-3-7-15(17)10-13/h2-7,10H,8-9,11,18H2,1H3. The minimum Gasteiger partial charge on any atom is -0.488 e. The monoisotopic (exact) mass is 259 g/mol. The largest absolute Gasteiger partial charge is 0.488 e. The van der Waals surface area contributed by atoms with Crippen molar-refractivity contribution in [3.05, 3.63) is 65.0 Å². The van der Waals surface area contributed by atoms with Crippen molar-refractivity contribution in [2.75, 3.05) is 6.54 Å². The molecule has 2 aromatic carbocycles. The molecule has 0 fully saturated rings. The second kappa shape index (κ2) is 6.34. The van der Waals surface area contributed by atoms with Crippen molar-refractivity contribution < 1.29 is 9.13 Å². The highest BCUT2D eigenvalue weighted by Gasteiger charge is 2.07. The van der Waals surface area contributed by atoms with Gasteiger partial charge in [0.15, 0.2) is 0 Å². The van der Waals surface area contributed by atoms with Gasteiger partial charge in [0.1, 0.15) is 18.2 Å². The average Bonchev–Trinajstić information content (AvgIpc) is 2.38. The summed E-state index contributed by atoms with van der Waals surface area (Å²) in [6.07, 6.45) is 0.778. The van der Waals surface area contributed by atoms with E-state index in [1.807, 2.05) is 31.2 Å². The predicted molar refractivity (Wildman–Crippen MR) is 74.7 cm³/mol. The number of hydrogen-bond donors (Lipinski definition) is 1. The molecule has 2 aromatic rings. The molecule has 0 heterocycles. The van der Waals surface area contributed by atoms with E-state index in [0.717, 1.165) is 28.9 Å². The van der Waals surface area contributed by atoms with Gasteiger partial charge in [0.2, 0.25) is 0 Å². The Kier molecular flexibility index (Phi) is 4.53. The number of benzene rings is 2. The fraction of sp³-hybridized carbons (Fsp3) is 0.250. The summed E-state index contributed by atoms with van der Waals surface area (Å²) in [6, 6.07) is 12.5. The molecule has 2 rings (SSSR count). The van der Waals surface area contributed by atoms with Gasteiger partial charge in [-0.3, -0.25) is 0 Å². The van der Waals surface area contributed by atoms with Crippen LogP contribution in [0.3, 0.4) is 0 Å². The third-order valence-corrected chi connectivity index (χ3v) is 2.98. The maximum Gasteiger partial charge on any atom is 0.125 e. The normalized spacial score (nSPS) is 10.5. The first-order valence-corrected chi connectivity index (χ1v) is 6.36. The molecule has 0 amide bonds. The minimum atomic E-state index is -0.243. The topological polar surface area (TPSA) is 35.2 Å². The lowest BCUT2D eigenvalue weighted by Crippen LogP contribution is -2.06. The molecule has 0 atom stereocenters. The summed E-state index contributed by atoms with van der Waals surface area (Å²) in [6.45, 7) is 2.95. The summed E-state index contributed by atoms with van der Waals surface area (Å²) in [5, 5.41) is 0. The number of para-hydroxylation sites is 1. The van der Waals surface area contributed by atoms with Crippen LogP contribution in [0.25, 0.3) is 0 Å². The van der Waals surface area contributed by atoms with Crippen LogP contribution >= 0.6 is 0 Å². The Morgan fingerprint density at radius 1 is 1.16 bits per heavy atom. The zero-order chi connectivity index (χ0) is 13.7. The Balaban J connectivity index is 2.14. The summed E-state index contributed by atoms with van der Waals surface area (Å²) >= 11 is 0. The molecule has 0 aromatic heterocycles. The van der Waals surface area contributed by atoms with Crippen LogP contribution in [0.5, 0.6) is 5.75 Å². The van der Waals surface area contributed by atoms with Crippen LogP contribution in [0, 0.1) is 12.7 Å². The highest BCUT2D eigenvalue weighted by Crippen LogP contribution is 2.24. The van der Waals surface area contributed by atoms with E-state index < -0.39 is 0 Å². The van der Waals surface area contributed by atoms with Gasteiger partial charge < -0.3 is 10.5 Å². The summed E-state index contributed by atoms with van der Waals surface area (Å²) in [7, 11) is 0. The van der Waals surface area contributed by atoms with Crippen LogP contribution in [0.4, 0.5) is 4.39 Å². The van der Waals surface area contributed by atoms with E-state index in [2.05, 4.69) is 0 Å². The molecule has 0 saturated heterocycles. The molecule has 0 unspecified atom stereocenters. The van der Waals surface area contributed by atoms with E-state index in [4.69, 9.17) is 10.5 Å². The Morgan fingerprint density at radius 3 is 2.68 bits per heavy atom. The molecule has 0 aliphatic carbocycles. The zero-order valence-electron chi connectivity index (χ0n) is 11.0. The number of nitrogens with two attached hydrogens (primary N) is 1. The summed E-state index contributed by atoms with van der Waals surface area (Å²) in [5.74, 6) is 0.616. The van der Waals surface area contributed by atoms with Gasteiger partial charge in [0, 0.05) is 0 Å². The minimum absolute atomic E-state index is 0.243. The van der Waals surface area contributed by atoms with Crippen LogP contribution < -0.4 is 10.5 Å². The van der Waals surface area contributed by atoms with Crippen molar-refractivity contribution in [1.82, 2.24) is 0 Å². The lowest BCUT2D eigenvalue weighted by molar-refractivity contribution is 0.300. The number of hydrogen-bond acceptors (Lipinski definition) is 2. The van der Waals surface area contributed by atoms with Crippen LogP contribution in [0.2, 0.25) is 0 Å². The molecule has 0 spiro atoms.